The van der Waals surface area contributed by atoms with Gasteiger partial charge >= 0.3 is 0 Å². The molecule has 0 aliphatic carbocycles. The van der Waals surface area contributed by atoms with Crippen molar-refractivity contribution in [2.45, 2.75) is 77.7 Å². The van der Waals surface area contributed by atoms with E-state index in [1.54, 1.807) is 0 Å². The summed E-state index contributed by atoms with van der Waals surface area (Å²) in [4.78, 5) is 7.24. The van der Waals surface area contributed by atoms with Gasteiger partial charge in [0, 0.05) is 41.9 Å². The zero-order chi connectivity index (χ0) is 20.7. The highest BCUT2D eigenvalue weighted by Crippen LogP contribution is 2.40. The maximum absolute atomic E-state index is 6.61. The minimum atomic E-state index is -1.91. The lowest BCUT2D eigenvalue weighted by Crippen LogP contribution is -2.43. The van der Waals surface area contributed by atoms with Gasteiger partial charge in [0.1, 0.15) is 11.3 Å². The predicted octanol–water partition coefficient (Wildman–Crippen LogP) is 5.90. The molecule has 28 heavy (non-hydrogen) atoms. The van der Waals surface area contributed by atoms with Gasteiger partial charge in [0.05, 0.1) is 0 Å². The highest BCUT2D eigenvalue weighted by molar-refractivity contribution is 6.74. The van der Waals surface area contributed by atoms with E-state index < -0.39 is 8.32 Å². The molecule has 154 valence electrons. The summed E-state index contributed by atoms with van der Waals surface area (Å²) in [5.41, 5.74) is 2.34. The Morgan fingerprint density at radius 3 is 2.43 bits per heavy atom. The van der Waals surface area contributed by atoms with Crippen LogP contribution in [0.15, 0.2) is 30.5 Å². The first-order chi connectivity index (χ1) is 12.9. The number of hydrogen-bond donors (Lipinski definition) is 1. The van der Waals surface area contributed by atoms with E-state index in [0.29, 0.717) is 6.04 Å². The zero-order valence-electron chi connectivity index (χ0n) is 18.9. The molecule has 1 saturated heterocycles. The zero-order valence-corrected chi connectivity index (χ0v) is 19.9. The molecule has 0 radical (unpaired) electrons. The molecule has 2 heterocycles. The number of likely N-dealkylation sites (tertiary alicyclic amines) is 1. The molecule has 0 amide bonds. The Bertz CT molecular complexity index is 836. The third-order valence-electron chi connectivity index (χ3n) is 6.40. The number of benzene rings is 1. The molecule has 5 heteroatoms. The van der Waals surface area contributed by atoms with Gasteiger partial charge in [-0.25, -0.2) is 0 Å². The molecule has 3 rings (SSSR count). The number of pyridine rings is 1. The van der Waals surface area contributed by atoms with Crippen LogP contribution in [0.3, 0.4) is 0 Å². The highest BCUT2D eigenvalue weighted by Gasteiger charge is 2.39. The molecule has 1 aliphatic heterocycles. The van der Waals surface area contributed by atoms with Crippen LogP contribution in [0, 0.1) is 0 Å². The molecule has 1 aliphatic rings. The number of hydrogen-bond acceptors (Lipinski definition) is 4. The molecule has 1 atom stereocenters. The summed E-state index contributed by atoms with van der Waals surface area (Å²) < 4.78 is 6.61. The highest BCUT2D eigenvalue weighted by atomic mass is 28.4. The fourth-order valence-corrected chi connectivity index (χ4v) is 4.51. The molecule has 1 aromatic carbocycles. The number of rotatable bonds is 4. The van der Waals surface area contributed by atoms with Crippen molar-refractivity contribution in [1.82, 2.24) is 9.88 Å². The molecule has 1 fully saturated rings. The molecule has 4 nitrogen and oxygen atoms in total. The summed E-state index contributed by atoms with van der Waals surface area (Å²) in [6.45, 7) is 20.5. The Labute approximate surface area is 171 Å². The van der Waals surface area contributed by atoms with Crippen molar-refractivity contribution in [3.63, 3.8) is 0 Å². The average Bonchev–Trinajstić information content (AvgIpc) is 3.05. The summed E-state index contributed by atoms with van der Waals surface area (Å²) in [7, 11) is -1.91. The van der Waals surface area contributed by atoms with Gasteiger partial charge in [-0.05, 0) is 69.6 Å². The largest absolute Gasteiger partial charge is 0.542 e. The number of fused-ring (bicyclic) bond motifs is 1. The minimum Gasteiger partial charge on any atom is -0.542 e. The van der Waals surface area contributed by atoms with Crippen LogP contribution in [0.1, 0.15) is 48.0 Å². The standard InChI is InChI=1S/C23H37N3OSi/c1-22(2,3)26-15-13-17(16-26)25-19-11-12-20(21-18(19)10-9-14-24-21)27-28(7,8)23(4,5)6/h9-12,14,17,25H,13,15-16H2,1-8H3/t17-/m0/s1. The number of anilines is 1. The van der Waals surface area contributed by atoms with E-state index in [4.69, 9.17) is 4.43 Å². The monoisotopic (exact) mass is 399 g/mol. The van der Waals surface area contributed by atoms with Gasteiger partial charge in [-0.2, -0.15) is 0 Å². The van der Waals surface area contributed by atoms with Gasteiger partial charge in [-0.15, -0.1) is 0 Å². The predicted molar refractivity (Wildman–Crippen MR) is 123 cm³/mol. The summed E-state index contributed by atoms with van der Waals surface area (Å²) in [5, 5.41) is 5.08. The normalized spacial score (nSPS) is 19.2. The van der Waals surface area contributed by atoms with Gasteiger partial charge in [0.2, 0.25) is 0 Å². The summed E-state index contributed by atoms with van der Waals surface area (Å²) >= 11 is 0. The van der Waals surface area contributed by atoms with E-state index in [-0.39, 0.29) is 10.6 Å². The first-order valence-corrected chi connectivity index (χ1v) is 13.4. The quantitative estimate of drug-likeness (QED) is 0.649. The Morgan fingerprint density at radius 2 is 1.82 bits per heavy atom. The lowest BCUT2D eigenvalue weighted by molar-refractivity contribution is 0.174. The van der Waals surface area contributed by atoms with Gasteiger partial charge in [0.25, 0.3) is 8.32 Å². The van der Waals surface area contributed by atoms with E-state index in [2.05, 4.69) is 88.0 Å². The number of aromatic nitrogens is 1. The average molecular weight is 400 g/mol. The minimum absolute atomic E-state index is 0.158. The van der Waals surface area contributed by atoms with Crippen molar-refractivity contribution in [3.05, 3.63) is 30.5 Å². The SMILES string of the molecule is CC(C)(C)N1CC[C@H](Nc2ccc(O[Si](C)(C)C(C)(C)C)c3ncccc23)C1. The van der Waals surface area contributed by atoms with Crippen molar-refractivity contribution in [2.75, 3.05) is 18.4 Å². The molecule has 0 unspecified atom stereocenters. The molecule has 0 saturated carbocycles. The van der Waals surface area contributed by atoms with E-state index in [1.165, 1.54) is 6.42 Å². The topological polar surface area (TPSA) is 37.4 Å². The van der Waals surface area contributed by atoms with Gasteiger partial charge in [-0.3, -0.25) is 9.88 Å². The van der Waals surface area contributed by atoms with E-state index >= 15 is 0 Å². The van der Waals surface area contributed by atoms with Crippen molar-refractivity contribution >= 4 is 24.9 Å². The lowest BCUT2D eigenvalue weighted by atomic mass is 10.1. The van der Waals surface area contributed by atoms with Crippen LogP contribution >= 0.6 is 0 Å². The van der Waals surface area contributed by atoms with E-state index in [9.17, 15) is 0 Å². The van der Waals surface area contributed by atoms with E-state index in [1.807, 2.05) is 12.3 Å². The first-order valence-electron chi connectivity index (χ1n) is 10.5. The van der Waals surface area contributed by atoms with Gasteiger partial charge in [-0.1, -0.05) is 20.8 Å². The summed E-state index contributed by atoms with van der Waals surface area (Å²) in [6.07, 6.45) is 3.03. The first kappa shape index (κ1) is 21.1. The molecule has 2 aromatic rings. The smallest absolute Gasteiger partial charge is 0.250 e. The molecular weight excluding hydrogens is 362 g/mol. The van der Waals surface area contributed by atoms with Crippen LogP contribution in [-0.2, 0) is 0 Å². The van der Waals surface area contributed by atoms with Crippen molar-refractivity contribution in [2.24, 2.45) is 0 Å². The van der Waals surface area contributed by atoms with Crippen molar-refractivity contribution in [1.29, 1.82) is 0 Å². The lowest BCUT2D eigenvalue weighted by Gasteiger charge is -2.36. The third-order valence-corrected chi connectivity index (χ3v) is 10.7. The van der Waals surface area contributed by atoms with E-state index in [0.717, 1.165) is 35.4 Å². The van der Waals surface area contributed by atoms with Crippen molar-refractivity contribution in [3.8, 4) is 5.75 Å². The van der Waals surface area contributed by atoms with Crippen LogP contribution in [0.25, 0.3) is 10.9 Å². The Kier molecular flexibility index (Phi) is 5.54. The summed E-state index contributed by atoms with van der Waals surface area (Å²) in [6, 6.07) is 8.91. The Hall–Kier alpha value is -1.59. The molecule has 1 N–H and O–H groups in total. The maximum Gasteiger partial charge on any atom is 0.250 e. The van der Waals surface area contributed by atoms with Crippen LogP contribution in [-0.4, -0.2) is 42.9 Å². The fourth-order valence-electron chi connectivity index (χ4n) is 3.49. The molecular formula is C23H37N3OSi. The molecule has 1 aromatic heterocycles. The van der Waals surface area contributed by atoms with Crippen LogP contribution in [0.2, 0.25) is 18.1 Å². The van der Waals surface area contributed by atoms with Crippen LogP contribution in [0.5, 0.6) is 5.75 Å². The Morgan fingerprint density at radius 1 is 1.11 bits per heavy atom. The fraction of sp³-hybridized carbons (Fsp3) is 0.609. The second-order valence-corrected chi connectivity index (χ2v) is 15.3. The number of nitrogens with one attached hydrogen (secondary N) is 1. The third kappa shape index (κ3) is 4.36. The van der Waals surface area contributed by atoms with Crippen LogP contribution in [0.4, 0.5) is 5.69 Å². The molecule has 0 spiro atoms. The van der Waals surface area contributed by atoms with Crippen molar-refractivity contribution < 1.29 is 4.43 Å². The second kappa shape index (κ2) is 7.34. The molecule has 0 bridgehead atoms. The number of nitrogens with zero attached hydrogens (tertiary/aromatic N) is 2. The Balaban J connectivity index is 1.87. The summed E-state index contributed by atoms with van der Waals surface area (Å²) in [5.74, 6) is 0.912. The second-order valence-electron chi connectivity index (χ2n) is 10.6. The van der Waals surface area contributed by atoms with Gasteiger partial charge < -0.3 is 9.74 Å². The van der Waals surface area contributed by atoms with Crippen LogP contribution < -0.4 is 9.74 Å². The van der Waals surface area contributed by atoms with Gasteiger partial charge in [0.15, 0.2) is 0 Å². The maximum atomic E-state index is 6.61.